The van der Waals surface area contributed by atoms with Crippen LogP contribution in [0.15, 0.2) is 23.2 Å². The van der Waals surface area contributed by atoms with Crippen molar-refractivity contribution < 1.29 is 14.3 Å². The van der Waals surface area contributed by atoms with Crippen LogP contribution in [0.3, 0.4) is 0 Å². The number of benzene rings is 1. The summed E-state index contributed by atoms with van der Waals surface area (Å²) in [6, 6.07) is 5.99. The molecular formula is C21H32BrN5O3. The maximum Gasteiger partial charge on any atom is 0.237 e. The van der Waals surface area contributed by atoms with Crippen molar-refractivity contribution in [2.75, 3.05) is 20.2 Å². The summed E-state index contributed by atoms with van der Waals surface area (Å²) in [7, 11) is 1.92. The molecule has 0 unspecified atom stereocenters. The molecule has 1 aliphatic carbocycles. The third-order valence-corrected chi connectivity index (χ3v) is 5.64. The van der Waals surface area contributed by atoms with Crippen molar-refractivity contribution >= 4 is 40.4 Å². The smallest absolute Gasteiger partial charge is 0.237 e. The summed E-state index contributed by atoms with van der Waals surface area (Å²) in [5.74, 6) is 0.733. The second-order valence-corrected chi connectivity index (χ2v) is 7.83. The molecule has 0 atom stereocenters. The molecule has 1 aromatic rings. The molecule has 2 amide bonds. The van der Waals surface area contributed by atoms with Gasteiger partial charge >= 0.3 is 0 Å². The number of rotatable bonds is 8. The predicted molar refractivity (Wildman–Crippen MR) is 122 cm³/mol. The number of carbonyl (C=O) groups excluding carboxylic acids is 2. The Labute approximate surface area is 188 Å². The highest BCUT2D eigenvalue weighted by Crippen LogP contribution is 2.29. The lowest BCUT2D eigenvalue weighted by Gasteiger charge is -2.31. The predicted octanol–water partition coefficient (Wildman–Crippen LogP) is 2.46. The molecule has 3 rings (SSSR count). The average molecular weight is 482 g/mol. The first-order chi connectivity index (χ1) is 13.9. The van der Waals surface area contributed by atoms with Gasteiger partial charge in [-0.2, -0.15) is 0 Å². The maximum atomic E-state index is 12.4. The van der Waals surface area contributed by atoms with E-state index >= 15 is 0 Å². The summed E-state index contributed by atoms with van der Waals surface area (Å²) in [5, 5.41) is 0. The van der Waals surface area contributed by atoms with Crippen LogP contribution in [0.5, 0.6) is 5.75 Å². The van der Waals surface area contributed by atoms with E-state index < -0.39 is 5.91 Å². The Kier molecular flexibility index (Phi) is 8.95. The van der Waals surface area contributed by atoms with Crippen LogP contribution in [-0.4, -0.2) is 53.8 Å². The largest absolute Gasteiger partial charge is 0.494 e. The monoisotopic (exact) mass is 481 g/mol. The topological polar surface area (TPSA) is 114 Å². The Balaban J connectivity index is 0.00000320. The second-order valence-electron chi connectivity index (χ2n) is 7.83. The molecule has 0 spiro atoms. The molecule has 166 valence electrons. The first-order valence-corrected chi connectivity index (χ1v) is 10.3. The number of aliphatic imine (C=N–C) groups is 1. The van der Waals surface area contributed by atoms with Crippen LogP contribution >= 0.6 is 17.0 Å². The van der Waals surface area contributed by atoms with E-state index in [0.717, 1.165) is 24.1 Å². The number of halogens is 1. The highest BCUT2D eigenvalue weighted by Gasteiger charge is 2.22. The van der Waals surface area contributed by atoms with Crippen molar-refractivity contribution in [1.82, 2.24) is 9.80 Å². The van der Waals surface area contributed by atoms with Crippen LogP contribution in [-0.2, 0) is 16.1 Å². The van der Waals surface area contributed by atoms with Crippen molar-refractivity contribution in [2.45, 2.75) is 57.5 Å². The lowest BCUT2D eigenvalue weighted by atomic mass is 9.94. The van der Waals surface area contributed by atoms with Crippen molar-refractivity contribution in [3.8, 4) is 5.75 Å². The van der Waals surface area contributed by atoms with E-state index in [2.05, 4.69) is 4.99 Å². The number of carbonyl (C=O) groups is 2. The van der Waals surface area contributed by atoms with E-state index in [0.29, 0.717) is 37.8 Å². The minimum Gasteiger partial charge on any atom is -0.494 e. The molecule has 1 heterocycles. The van der Waals surface area contributed by atoms with Gasteiger partial charge in [0.15, 0.2) is 5.96 Å². The standard InChI is InChI=1S/C21H31N5O3.BrH/c1-25(16-6-3-2-4-7-16)20(28)8-5-11-29-17-9-10-18-15(12-17)13-26(14-19(22)27)21(23)24-18;/h9-10,12,16H,2-8,11,13-14H2,1H3,(H2,22,27)(H2,23,24);1H. The second kappa shape index (κ2) is 11.2. The number of amides is 2. The summed E-state index contributed by atoms with van der Waals surface area (Å²) in [5.41, 5.74) is 12.8. The number of ether oxygens (including phenoxy) is 1. The number of guanidine groups is 1. The molecule has 0 saturated heterocycles. The number of nitrogens with two attached hydrogens (primary N) is 2. The van der Waals surface area contributed by atoms with Crippen LogP contribution < -0.4 is 16.2 Å². The zero-order valence-electron chi connectivity index (χ0n) is 17.5. The fourth-order valence-electron chi connectivity index (χ4n) is 3.95. The quantitative estimate of drug-likeness (QED) is 0.553. The normalized spacial score (nSPS) is 16.2. The molecule has 2 aliphatic rings. The Hall–Kier alpha value is -2.29. The first kappa shape index (κ1) is 24.0. The van der Waals surface area contributed by atoms with E-state index in [4.69, 9.17) is 16.2 Å². The van der Waals surface area contributed by atoms with Gasteiger partial charge in [0.05, 0.1) is 18.8 Å². The van der Waals surface area contributed by atoms with Crippen molar-refractivity contribution in [3.63, 3.8) is 0 Å². The Morgan fingerprint density at radius 2 is 2.00 bits per heavy atom. The third-order valence-electron chi connectivity index (χ3n) is 5.64. The van der Waals surface area contributed by atoms with Gasteiger partial charge in [-0.15, -0.1) is 17.0 Å². The summed E-state index contributed by atoms with van der Waals surface area (Å²) >= 11 is 0. The summed E-state index contributed by atoms with van der Waals surface area (Å²) in [6.07, 6.45) is 7.12. The number of fused-ring (bicyclic) bond motifs is 1. The van der Waals surface area contributed by atoms with Gasteiger partial charge in [0.2, 0.25) is 11.8 Å². The zero-order valence-corrected chi connectivity index (χ0v) is 19.2. The van der Waals surface area contributed by atoms with Crippen LogP contribution in [0, 0.1) is 0 Å². The highest BCUT2D eigenvalue weighted by molar-refractivity contribution is 8.93. The molecule has 1 fully saturated rings. The molecule has 1 aromatic carbocycles. The fraction of sp³-hybridized carbons (Fsp3) is 0.571. The number of primary amides is 1. The van der Waals surface area contributed by atoms with Gasteiger partial charge in [0, 0.05) is 31.6 Å². The van der Waals surface area contributed by atoms with Gasteiger partial charge in [0.1, 0.15) is 5.75 Å². The molecule has 0 bridgehead atoms. The number of hydrogen-bond donors (Lipinski definition) is 2. The molecule has 0 radical (unpaired) electrons. The Bertz CT molecular complexity index is 780. The van der Waals surface area contributed by atoms with Crippen LogP contribution in [0.25, 0.3) is 0 Å². The third kappa shape index (κ3) is 6.35. The van der Waals surface area contributed by atoms with Gasteiger partial charge < -0.3 is 26.0 Å². The minimum atomic E-state index is -0.457. The molecule has 30 heavy (non-hydrogen) atoms. The van der Waals surface area contributed by atoms with Gasteiger partial charge in [-0.3, -0.25) is 9.59 Å². The summed E-state index contributed by atoms with van der Waals surface area (Å²) in [6.45, 7) is 0.950. The van der Waals surface area contributed by atoms with Crippen molar-refractivity contribution in [3.05, 3.63) is 23.8 Å². The van der Waals surface area contributed by atoms with Crippen molar-refractivity contribution in [2.24, 2.45) is 16.5 Å². The molecule has 9 heteroatoms. The van der Waals surface area contributed by atoms with Gasteiger partial charge in [0.25, 0.3) is 0 Å². The molecule has 4 N–H and O–H groups in total. The maximum absolute atomic E-state index is 12.4. The molecule has 1 aliphatic heterocycles. The molecular weight excluding hydrogens is 450 g/mol. The van der Waals surface area contributed by atoms with Crippen LogP contribution in [0.4, 0.5) is 5.69 Å². The van der Waals surface area contributed by atoms with E-state index in [1.807, 2.05) is 30.1 Å². The minimum absolute atomic E-state index is 0. The van der Waals surface area contributed by atoms with E-state index in [9.17, 15) is 9.59 Å². The highest BCUT2D eigenvalue weighted by atomic mass is 79.9. The summed E-state index contributed by atoms with van der Waals surface area (Å²) < 4.78 is 5.83. The molecule has 0 aromatic heterocycles. The first-order valence-electron chi connectivity index (χ1n) is 10.3. The molecule has 8 nitrogen and oxygen atoms in total. The lowest BCUT2D eigenvalue weighted by molar-refractivity contribution is -0.132. The van der Waals surface area contributed by atoms with Crippen molar-refractivity contribution in [1.29, 1.82) is 0 Å². The van der Waals surface area contributed by atoms with E-state index in [1.54, 1.807) is 4.90 Å². The van der Waals surface area contributed by atoms with Gasteiger partial charge in [-0.05, 0) is 37.5 Å². The SMILES string of the molecule is Br.CN(C(=O)CCCOc1ccc2c(c1)CN(CC(N)=O)C(N)=N2)C1CCCCC1. The average Bonchev–Trinajstić information content (AvgIpc) is 2.71. The molecule has 1 saturated carbocycles. The number of nitrogens with zero attached hydrogens (tertiary/aromatic N) is 3. The van der Waals surface area contributed by atoms with E-state index in [-0.39, 0.29) is 35.4 Å². The zero-order chi connectivity index (χ0) is 20.8. The Morgan fingerprint density at radius 1 is 1.27 bits per heavy atom. The van der Waals surface area contributed by atoms with Gasteiger partial charge in [-0.1, -0.05) is 19.3 Å². The summed E-state index contributed by atoms with van der Waals surface area (Å²) in [4.78, 5) is 31.5. The van der Waals surface area contributed by atoms with Gasteiger partial charge in [-0.25, -0.2) is 4.99 Å². The fourth-order valence-corrected chi connectivity index (χ4v) is 3.95. The lowest BCUT2D eigenvalue weighted by Crippen LogP contribution is -2.43. The Morgan fingerprint density at radius 3 is 2.70 bits per heavy atom. The van der Waals surface area contributed by atoms with E-state index in [1.165, 1.54) is 19.3 Å². The van der Waals surface area contributed by atoms with Crippen LogP contribution in [0.1, 0.15) is 50.5 Å². The number of hydrogen-bond acceptors (Lipinski definition) is 6. The van der Waals surface area contributed by atoms with Crippen LogP contribution in [0.2, 0.25) is 0 Å².